The van der Waals surface area contributed by atoms with Crippen LogP contribution in [0, 0.1) is 6.92 Å². The van der Waals surface area contributed by atoms with Gasteiger partial charge in [-0.05, 0) is 24.6 Å². The topological polar surface area (TPSA) is 53.1 Å². The van der Waals surface area contributed by atoms with Crippen LogP contribution in [-0.4, -0.2) is 16.7 Å². The highest BCUT2D eigenvalue weighted by molar-refractivity contribution is 5.31. The molecule has 0 amide bonds. The Morgan fingerprint density at radius 3 is 2.44 bits per heavy atom. The summed E-state index contributed by atoms with van der Waals surface area (Å²) < 4.78 is 7.24. The number of hydrogen-bond donors (Lipinski definition) is 1. The van der Waals surface area contributed by atoms with Crippen molar-refractivity contribution in [2.24, 2.45) is 12.8 Å². The molecule has 1 aromatic carbocycles. The molecule has 2 N–H and O–H groups in total. The summed E-state index contributed by atoms with van der Waals surface area (Å²) in [6.45, 7) is 2.50. The molecule has 0 saturated heterocycles. The number of ether oxygens (including phenoxy) is 1. The van der Waals surface area contributed by atoms with E-state index in [0.29, 0.717) is 6.54 Å². The molecule has 18 heavy (non-hydrogen) atoms. The molecule has 1 aromatic heterocycles. The van der Waals surface area contributed by atoms with Crippen molar-refractivity contribution in [3.63, 3.8) is 0 Å². The highest BCUT2D eigenvalue weighted by atomic mass is 16.5. The number of nitrogens with zero attached hydrogens (tertiary/aromatic N) is 2. The fourth-order valence-corrected chi connectivity index (χ4v) is 2.10. The standard InChI is InChI=1S/C14H19N3O/c1-10-13(17(2)14(9-15)16-10)8-11-4-6-12(18-3)7-5-11/h4-7H,8-9,15H2,1-3H3. The largest absolute Gasteiger partial charge is 0.497 e. The van der Waals surface area contributed by atoms with Crippen LogP contribution in [-0.2, 0) is 20.0 Å². The molecule has 0 bridgehead atoms. The normalized spacial score (nSPS) is 10.7. The summed E-state index contributed by atoms with van der Waals surface area (Å²) in [7, 11) is 3.69. The highest BCUT2D eigenvalue weighted by Crippen LogP contribution is 2.17. The van der Waals surface area contributed by atoms with E-state index in [1.807, 2.05) is 26.1 Å². The van der Waals surface area contributed by atoms with Crippen LogP contribution in [0.4, 0.5) is 0 Å². The van der Waals surface area contributed by atoms with E-state index < -0.39 is 0 Å². The van der Waals surface area contributed by atoms with Crippen LogP contribution in [0.25, 0.3) is 0 Å². The van der Waals surface area contributed by atoms with Gasteiger partial charge in [-0.1, -0.05) is 12.1 Å². The summed E-state index contributed by atoms with van der Waals surface area (Å²) in [5.41, 5.74) is 9.16. The maximum absolute atomic E-state index is 5.66. The lowest BCUT2D eigenvalue weighted by atomic mass is 10.1. The third-order valence-electron chi connectivity index (χ3n) is 3.22. The fraction of sp³-hybridized carbons (Fsp3) is 0.357. The van der Waals surface area contributed by atoms with E-state index in [-0.39, 0.29) is 0 Å². The van der Waals surface area contributed by atoms with Gasteiger partial charge in [0, 0.05) is 19.2 Å². The van der Waals surface area contributed by atoms with Gasteiger partial charge < -0.3 is 15.0 Å². The van der Waals surface area contributed by atoms with Crippen molar-refractivity contribution in [1.82, 2.24) is 9.55 Å². The second kappa shape index (κ2) is 5.23. The van der Waals surface area contributed by atoms with Gasteiger partial charge in [0.05, 0.1) is 19.3 Å². The first-order valence-electron chi connectivity index (χ1n) is 5.99. The minimum Gasteiger partial charge on any atom is -0.497 e. The molecule has 0 fully saturated rings. The molecule has 0 atom stereocenters. The van der Waals surface area contributed by atoms with Gasteiger partial charge in [0.25, 0.3) is 0 Å². The molecule has 4 nitrogen and oxygen atoms in total. The lowest BCUT2D eigenvalue weighted by molar-refractivity contribution is 0.414. The zero-order valence-electron chi connectivity index (χ0n) is 11.1. The second-order valence-corrected chi connectivity index (χ2v) is 4.35. The average molecular weight is 245 g/mol. The maximum atomic E-state index is 5.66. The van der Waals surface area contributed by atoms with Crippen molar-refractivity contribution < 1.29 is 4.74 Å². The first kappa shape index (κ1) is 12.6. The summed E-state index contributed by atoms with van der Waals surface area (Å²) >= 11 is 0. The molecule has 0 aliphatic heterocycles. The van der Waals surface area contributed by atoms with E-state index in [4.69, 9.17) is 10.5 Å². The molecule has 96 valence electrons. The molecular formula is C14H19N3O. The number of methoxy groups -OCH3 is 1. The van der Waals surface area contributed by atoms with E-state index in [9.17, 15) is 0 Å². The summed E-state index contributed by atoms with van der Waals surface area (Å²) in [6.07, 6.45) is 0.860. The fourth-order valence-electron chi connectivity index (χ4n) is 2.10. The van der Waals surface area contributed by atoms with Crippen molar-refractivity contribution in [3.8, 4) is 5.75 Å². The Balaban J connectivity index is 2.25. The molecule has 0 aliphatic carbocycles. The SMILES string of the molecule is COc1ccc(Cc2c(C)nc(CN)n2C)cc1. The van der Waals surface area contributed by atoms with Gasteiger partial charge in [0.15, 0.2) is 0 Å². The molecule has 4 heteroatoms. The third kappa shape index (κ3) is 2.38. The Morgan fingerprint density at radius 1 is 1.28 bits per heavy atom. The number of benzene rings is 1. The zero-order valence-corrected chi connectivity index (χ0v) is 11.1. The number of imidazole rings is 1. The maximum Gasteiger partial charge on any atom is 0.122 e. The number of rotatable bonds is 4. The van der Waals surface area contributed by atoms with E-state index in [1.54, 1.807) is 7.11 Å². The second-order valence-electron chi connectivity index (χ2n) is 4.35. The molecule has 1 heterocycles. The number of hydrogen-bond acceptors (Lipinski definition) is 3. The van der Waals surface area contributed by atoms with E-state index >= 15 is 0 Å². The van der Waals surface area contributed by atoms with Crippen LogP contribution < -0.4 is 10.5 Å². The predicted molar refractivity (Wildman–Crippen MR) is 71.6 cm³/mol. The van der Waals surface area contributed by atoms with Crippen LogP contribution in [0.15, 0.2) is 24.3 Å². The van der Waals surface area contributed by atoms with Crippen molar-refractivity contribution in [1.29, 1.82) is 0 Å². The van der Waals surface area contributed by atoms with Gasteiger partial charge in [0.2, 0.25) is 0 Å². The van der Waals surface area contributed by atoms with Crippen LogP contribution >= 0.6 is 0 Å². The van der Waals surface area contributed by atoms with E-state index in [1.165, 1.54) is 11.3 Å². The number of nitrogens with two attached hydrogens (primary N) is 1. The van der Waals surface area contributed by atoms with Crippen LogP contribution in [0.2, 0.25) is 0 Å². The van der Waals surface area contributed by atoms with Crippen molar-refractivity contribution in [3.05, 3.63) is 47.0 Å². The smallest absolute Gasteiger partial charge is 0.122 e. The van der Waals surface area contributed by atoms with Crippen LogP contribution in [0.1, 0.15) is 22.8 Å². The molecule has 0 spiro atoms. The Bertz CT molecular complexity index is 529. The number of aryl methyl sites for hydroxylation is 1. The summed E-state index contributed by atoms with van der Waals surface area (Å²) in [6, 6.07) is 8.11. The average Bonchev–Trinajstić information content (AvgIpc) is 2.67. The third-order valence-corrected chi connectivity index (χ3v) is 3.22. The molecule has 0 aliphatic rings. The minimum atomic E-state index is 0.472. The lowest BCUT2D eigenvalue weighted by Crippen LogP contribution is -2.07. The van der Waals surface area contributed by atoms with Crippen molar-refractivity contribution in [2.75, 3.05) is 7.11 Å². The Hall–Kier alpha value is -1.81. The van der Waals surface area contributed by atoms with Gasteiger partial charge in [-0.3, -0.25) is 0 Å². The minimum absolute atomic E-state index is 0.472. The van der Waals surface area contributed by atoms with E-state index in [0.717, 1.165) is 23.7 Å². The van der Waals surface area contributed by atoms with Crippen molar-refractivity contribution >= 4 is 0 Å². The first-order valence-corrected chi connectivity index (χ1v) is 5.99. The first-order chi connectivity index (χ1) is 8.65. The molecule has 2 rings (SSSR count). The van der Waals surface area contributed by atoms with Gasteiger partial charge in [-0.25, -0.2) is 4.98 Å². The van der Waals surface area contributed by atoms with Gasteiger partial charge in [0.1, 0.15) is 11.6 Å². The number of aromatic nitrogens is 2. The summed E-state index contributed by atoms with van der Waals surface area (Å²) in [5.74, 6) is 1.80. The quantitative estimate of drug-likeness (QED) is 0.893. The Morgan fingerprint density at radius 2 is 1.94 bits per heavy atom. The van der Waals surface area contributed by atoms with E-state index in [2.05, 4.69) is 21.7 Å². The van der Waals surface area contributed by atoms with Crippen LogP contribution in [0.3, 0.4) is 0 Å². The van der Waals surface area contributed by atoms with Crippen molar-refractivity contribution in [2.45, 2.75) is 19.9 Å². The Labute approximate surface area is 107 Å². The van der Waals surface area contributed by atoms with Gasteiger partial charge >= 0.3 is 0 Å². The highest BCUT2D eigenvalue weighted by Gasteiger charge is 2.10. The molecular weight excluding hydrogens is 226 g/mol. The Kier molecular flexibility index (Phi) is 3.67. The predicted octanol–water partition coefficient (Wildman–Crippen LogP) is 1.79. The lowest BCUT2D eigenvalue weighted by Gasteiger charge is -2.07. The molecule has 0 radical (unpaired) electrons. The van der Waals surface area contributed by atoms with Crippen LogP contribution in [0.5, 0.6) is 5.75 Å². The molecule has 2 aromatic rings. The monoisotopic (exact) mass is 245 g/mol. The molecule has 0 unspecified atom stereocenters. The zero-order chi connectivity index (χ0) is 13.1. The summed E-state index contributed by atoms with van der Waals surface area (Å²) in [4.78, 5) is 4.47. The summed E-state index contributed by atoms with van der Waals surface area (Å²) in [5, 5.41) is 0. The van der Waals surface area contributed by atoms with Gasteiger partial charge in [-0.15, -0.1) is 0 Å². The van der Waals surface area contributed by atoms with Gasteiger partial charge in [-0.2, -0.15) is 0 Å². The molecule has 0 saturated carbocycles.